The van der Waals surface area contributed by atoms with Crippen LogP contribution in [0.1, 0.15) is 0 Å². The molecule has 5 nitrogen and oxygen atoms in total. The van der Waals surface area contributed by atoms with Crippen LogP contribution in [0.4, 0.5) is 21.7 Å². The molecular weight excluding hydrogens is 245 g/mol. The lowest BCUT2D eigenvalue weighted by molar-refractivity contribution is 0.628. The summed E-state index contributed by atoms with van der Waals surface area (Å²) in [5.74, 6) is 0.943. The molecule has 0 aliphatic heterocycles. The van der Waals surface area contributed by atoms with Crippen LogP contribution in [0.3, 0.4) is 0 Å². The molecule has 6 heteroatoms. The van der Waals surface area contributed by atoms with Gasteiger partial charge in [-0.05, 0) is 24.3 Å². The number of anilines is 3. The summed E-state index contributed by atoms with van der Waals surface area (Å²) in [6, 6.07) is 9.81. The third kappa shape index (κ3) is 3.16. The Bertz CT molecular complexity index is 591. The van der Waals surface area contributed by atoms with Crippen LogP contribution in [0, 0.1) is 17.1 Å². The van der Waals surface area contributed by atoms with E-state index in [1.165, 1.54) is 18.5 Å². The van der Waals surface area contributed by atoms with E-state index in [0.29, 0.717) is 11.6 Å². The third-order valence-electron chi connectivity index (χ3n) is 2.56. The van der Waals surface area contributed by atoms with Crippen molar-refractivity contribution < 1.29 is 4.39 Å². The third-order valence-corrected chi connectivity index (χ3v) is 2.56. The highest BCUT2D eigenvalue weighted by atomic mass is 19.1. The summed E-state index contributed by atoms with van der Waals surface area (Å²) in [7, 11) is 1.82. The van der Waals surface area contributed by atoms with Crippen LogP contribution in [0.2, 0.25) is 0 Å². The van der Waals surface area contributed by atoms with Crippen LogP contribution in [-0.4, -0.2) is 23.6 Å². The maximum Gasteiger partial charge on any atom is 0.138 e. The molecule has 0 spiro atoms. The topological polar surface area (TPSA) is 64.8 Å². The molecule has 1 aromatic heterocycles. The van der Waals surface area contributed by atoms with Gasteiger partial charge in [-0.2, -0.15) is 5.26 Å². The Balaban J connectivity index is 2.21. The first-order chi connectivity index (χ1) is 9.20. The first-order valence-corrected chi connectivity index (χ1v) is 5.63. The molecule has 0 aliphatic rings. The Morgan fingerprint density at radius 1 is 1.32 bits per heavy atom. The van der Waals surface area contributed by atoms with Gasteiger partial charge in [-0.3, -0.25) is 0 Å². The fourth-order valence-electron chi connectivity index (χ4n) is 1.55. The monoisotopic (exact) mass is 257 g/mol. The van der Waals surface area contributed by atoms with Crippen molar-refractivity contribution in [3.05, 3.63) is 42.5 Å². The molecule has 19 heavy (non-hydrogen) atoms. The summed E-state index contributed by atoms with van der Waals surface area (Å²) < 4.78 is 12.9. The Morgan fingerprint density at radius 2 is 2.05 bits per heavy atom. The van der Waals surface area contributed by atoms with Gasteiger partial charge < -0.3 is 10.2 Å². The van der Waals surface area contributed by atoms with Crippen LogP contribution < -0.4 is 10.2 Å². The lowest BCUT2D eigenvalue weighted by Crippen LogP contribution is -2.12. The number of halogens is 1. The lowest BCUT2D eigenvalue weighted by atomic mass is 10.3. The first-order valence-electron chi connectivity index (χ1n) is 5.63. The molecule has 2 rings (SSSR count). The number of nitrogens with zero attached hydrogens (tertiary/aromatic N) is 4. The summed E-state index contributed by atoms with van der Waals surface area (Å²) in [6.07, 6.45) is 1.41. The van der Waals surface area contributed by atoms with E-state index in [9.17, 15) is 4.39 Å². The van der Waals surface area contributed by atoms with Crippen LogP contribution >= 0.6 is 0 Å². The average molecular weight is 257 g/mol. The van der Waals surface area contributed by atoms with E-state index in [4.69, 9.17) is 5.26 Å². The van der Waals surface area contributed by atoms with Crippen molar-refractivity contribution in [2.75, 3.05) is 23.8 Å². The highest BCUT2D eigenvalue weighted by Gasteiger charge is 2.06. The number of rotatable bonds is 4. The molecule has 1 aromatic carbocycles. The summed E-state index contributed by atoms with van der Waals surface area (Å²) in [4.78, 5) is 9.96. The van der Waals surface area contributed by atoms with Crippen molar-refractivity contribution in [2.45, 2.75) is 0 Å². The molecule has 0 atom stereocenters. The Kier molecular flexibility index (Phi) is 3.88. The Labute approximate surface area is 110 Å². The molecule has 0 amide bonds. The van der Waals surface area contributed by atoms with Gasteiger partial charge in [0.1, 0.15) is 30.3 Å². The quantitative estimate of drug-likeness (QED) is 0.851. The van der Waals surface area contributed by atoms with Crippen molar-refractivity contribution in [3.63, 3.8) is 0 Å². The van der Waals surface area contributed by atoms with Gasteiger partial charge in [0.25, 0.3) is 0 Å². The number of aromatic nitrogens is 2. The summed E-state index contributed by atoms with van der Waals surface area (Å²) >= 11 is 0. The van der Waals surface area contributed by atoms with Gasteiger partial charge in [0.05, 0.1) is 6.07 Å². The van der Waals surface area contributed by atoms with Crippen LogP contribution in [0.15, 0.2) is 36.7 Å². The number of nitrogens with one attached hydrogen (secondary N) is 1. The average Bonchev–Trinajstić information content (AvgIpc) is 2.45. The molecule has 0 bridgehead atoms. The van der Waals surface area contributed by atoms with E-state index >= 15 is 0 Å². The molecule has 0 saturated carbocycles. The molecule has 0 aliphatic carbocycles. The van der Waals surface area contributed by atoms with E-state index in [1.807, 2.05) is 13.1 Å². The zero-order chi connectivity index (χ0) is 13.7. The molecule has 0 unspecified atom stereocenters. The SMILES string of the molecule is CN(c1ccc(F)cc1)c1cc(NCC#N)ncn1. The van der Waals surface area contributed by atoms with Gasteiger partial charge in [0.2, 0.25) is 0 Å². The van der Waals surface area contributed by atoms with Gasteiger partial charge in [-0.25, -0.2) is 14.4 Å². The summed E-state index contributed by atoms with van der Waals surface area (Å²) in [5, 5.41) is 11.4. The van der Waals surface area contributed by atoms with Gasteiger partial charge in [0, 0.05) is 18.8 Å². The molecule has 0 radical (unpaired) electrons. The number of nitriles is 1. The minimum absolute atomic E-state index is 0.177. The van der Waals surface area contributed by atoms with E-state index in [2.05, 4.69) is 15.3 Å². The minimum atomic E-state index is -0.281. The van der Waals surface area contributed by atoms with Crippen molar-refractivity contribution in [3.8, 4) is 6.07 Å². The van der Waals surface area contributed by atoms with Crippen molar-refractivity contribution in [1.82, 2.24) is 9.97 Å². The van der Waals surface area contributed by atoms with Gasteiger partial charge >= 0.3 is 0 Å². The zero-order valence-electron chi connectivity index (χ0n) is 10.3. The highest BCUT2D eigenvalue weighted by molar-refractivity contribution is 5.61. The first kappa shape index (κ1) is 12.8. The van der Waals surface area contributed by atoms with Crippen LogP contribution in [0.25, 0.3) is 0 Å². The fraction of sp³-hybridized carbons (Fsp3) is 0.154. The molecule has 2 aromatic rings. The maximum absolute atomic E-state index is 12.9. The standard InChI is InChI=1S/C13H12FN5/c1-19(11-4-2-10(14)3-5-11)13-8-12(16-7-6-15)17-9-18-13/h2-5,8-9H,7H2,1H3,(H,16,17,18). The molecule has 96 valence electrons. The number of hydrogen-bond acceptors (Lipinski definition) is 5. The van der Waals surface area contributed by atoms with E-state index in [-0.39, 0.29) is 12.4 Å². The smallest absolute Gasteiger partial charge is 0.138 e. The maximum atomic E-state index is 12.9. The van der Waals surface area contributed by atoms with Gasteiger partial charge in [-0.15, -0.1) is 0 Å². The molecular formula is C13H12FN5. The lowest BCUT2D eigenvalue weighted by Gasteiger charge is -2.18. The molecule has 1 N–H and O–H groups in total. The number of benzene rings is 1. The second kappa shape index (κ2) is 5.78. The Hall–Kier alpha value is -2.68. The molecule has 0 fully saturated rings. The predicted molar refractivity (Wildman–Crippen MR) is 70.6 cm³/mol. The summed E-state index contributed by atoms with van der Waals surface area (Å²) in [5.41, 5.74) is 0.811. The largest absolute Gasteiger partial charge is 0.357 e. The van der Waals surface area contributed by atoms with Crippen molar-refractivity contribution in [2.24, 2.45) is 0 Å². The highest BCUT2D eigenvalue weighted by Crippen LogP contribution is 2.22. The van der Waals surface area contributed by atoms with Gasteiger partial charge in [0.15, 0.2) is 0 Å². The second-order valence-electron chi connectivity index (χ2n) is 3.81. The molecule has 1 heterocycles. The normalized spacial score (nSPS) is 9.74. The molecule has 0 saturated heterocycles. The second-order valence-corrected chi connectivity index (χ2v) is 3.81. The van der Waals surface area contributed by atoms with Crippen LogP contribution in [-0.2, 0) is 0 Å². The van der Waals surface area contributed by atoms with E-state index < -0.39 is 0 Å². The van der Waals surface area contributed by atoms with E-state index in [1.54, 1.807) is 23.1 Å². The predicted octanol–water partition coefficient (Wildman–Crippen LogP) is 2.32. The fourth-order valence-corrected chi connectivity index (χ4v) is 1.55. The zero-order valence-corrected chi connectivity index (χ0v) is 10.3. The minimum Gasteiger partial charge on any atom is -0.357 e. The number of hydrogen-bond donors (Lipinski definition) is 1. The van der Waals surface area contributed by atoms with E-state index in [0.717, 1.165) is 5.69 Å². The summed E-state index contributed by atoms with van der Waals surface area (Å²) in [6.45, 7) is 0.177. The van der Waals surface area contributed by atoms with Crippen molar-refractivity contribution in [1.29, 1.82) is 5.26 Å². The van der Waals surface area contributed by atoms with Gasteiger partial charge in [-0.1, -0.05) is 0 Å². The Morgan fingerprint density at radius 3 is 2.74 bits per heavy atom. The van der Waals surface area contributed by atoms with Crippen LogP contribution in [0.5, 0.6) is 0 Å². The van der Waals surface area contributed by atoms with Crippen molar-refractivity contribution >= 4 is 17.3 Å².